The molecule has 2 aliphatic rings. The van der Waals surface area contributed by atoms with Crippen LogP contribution in [0.25, 0.3) is 0 Å². The maximum Gasteiger partial charge on any atom is 0.0177 e. The van der Waals surface area contributed by atoms with Crippen LogP contribution in [-0.2, 0) is 0 Å². The second-order valence-electron chi connectivity index (χ2n) is 4.30. The second kappa shape index (κ2) is 2.55. The van der Waals surface area contributed by atoms with Gasteiger partial charge in [-0.1, -0.05) is 13.8 Å². The molecule has 4 unspecified atom stereocenters. The zero-order valence-electron chi connectivity index (χ0n) is 7.43. The Kier molecular flexibility index (Phi) is 1.68. The molecule has 0 heterocycles. The summed E-state index contributed by atoms with van der Waals surface area (Å²) < 4.78 is 0. The molecule has 0 aromatic carbocycles. The Bertz CT molecular complexity index is 206. The minimum atomic E-state index is 0.668. The first-order valence-electron chi connectivity index (χ1n) is 4.75. The highest BCUT2D eigenvalue weighted by atomic mass is 14.4. The molecule has 0 heteroatoms. The predicted octanol–water partition coefficient (Wildman–Crippen LogP) is 2.69. The fourth-order valence-electron chi connectivity index (χ4n) is 2.29. The van der Waals surface area contributed by atoms with Crippen LogP contribution in [0.15, 0.2) is 0 Å². The Morgan fingerprint density at radius 3 is 2.45 bits per heavy atom. The summed E-state index contributed by atoms with van der Waals surface area (Å²) in [7, 11) is 0. The van der Waals surface area contributed by atoms with Crippen LogP contribution >= 0.6 is 0 Å². The van der Waals surface area contributed by atoms with Crippen molar-refractivity contribution in [3.63, 3.8) is 0 Å². The molecule has 0 N–H and O–H groups in total. The van der Waals surface area contributed by atoms with Crippen molar-refractivity contribution in [3.8, 4) is 11.8 Å². The second-order valence-corrected chi connectivity index (χ2v) is 4.30. The van der Waals surface area contributed by atoms with Crippen LogP contribution in [0.2, 0.25) is 0 Å². The van der Waals surface area contributed by atoms with E-state index in [0.717, 1.165) is 17.8 Å². The van der Waals surface area contributed by atoms with Gasteiger partial charge in [-0.2, -0.15) is 0 Å². The molecular weight excluding hydrogens is 132 g/mol. The maximum absolute atomic E-state index is 3.28. The van der Waals surface area contributed by atoms with E-state index in [9.17, 15) is 0 Å². The smallest absolute Gasteiger partial charge is 0.0177 e. The Morgan fingerprint density at radius 2 is 1.91 bits per heavy atom. The van der Waals surface area contributed by atoms with Crippen LogP contribution in [0.1, 0.15) is 33.1 Å². The Balaban J connectivity index is 1.94. The lowest BCUT2D eigenvalue weighted by atomic mass is 9.85. The maximum atomic E-state index is 3.28. The third kappa shape index (κ3) is 1.43. The lowest BCUT2D eigenvalue weighted by Crippen LogP contribution is -2.11. The monoisotopic (exact) mass is 148 g/mol. The highest BCUT2D eigenvalue weighted by Crippen LogP contribution is 2.47. The van der Waals surface area contributed by atoms with Gasteiger partial charge in [-0.25, -0.2) is 0 Å². The van der Waals surface area contributed by atoms with Crippen molar-refractivity contribution in [1.82, 2.24) is 0 Å². The van der Waals surface area contributed by atoms with Gasteiger partial charge in [0.2, 0.25) is 0 Å². The van der Waals surface area contributed by atoms with Crippen molar-refractivity contribution in [2.45, 2.75) is 33.1 Å². The lowest BCUT2D eigenvalue weighted by molar-refractivity contribution is 0.375. The van der Waals surface area contributed by atoms with E-state index in [1.807, 2.05) is 0 Å². The van der Waals surface area contributed by atoms with E-state index in [0.29, 0.717) is 5.92 Å². The van der Waals surface area contributed by atoms with Crippen molar-refractivity contribution in [2.24, 2.45) is 23.7 Å². The molecule has 2 aliphatic carbocycles. The van der Waals surface area contributed by atoms with Gasteiger partial charge in [0.15, 0.2) is 0 Å². The van der Waals surface area contributed by atoms with E-state index in [4.69, 9.17) is 0 Å². The number of hydrogen-bond donors (Lipinski definition) is 0. The van der Waals surface area contributed by atoms with Crippen molar-refractivity contribution in [3.05, 3.63) is 0 Å². The van der Waals surface area contributed by atoms with Gasteiger partial charge in [-0.3, -0.25) is 0 Å². The molecule has 11 heavy (non-hydrogen) atoms. The molecule has 0 aromatic heterocycles. The van der Waals surface area contributed by atoms with E-state index in [1.165, 1.54) is 19.3 Å². The largest absolute Gasteiger partial charge is 0.103 e. The van der Waals surface area contributed by atoms with E-state index in [1.54, 1.807) is 0 Å². The van der Waals surface area contributed by atoms with Gasteiger partial charge in [0, 0.05) is 12.3 Å². The molecule has 4 atom stereocenters. The third-order valence-corrected chi connectivity index (χ3v) is 3.15. The summed E-state index contributed by atoms with van der Waals surface area (Å²) in [4.78, 5) is 0. The summed E-state index contributed by atoms with van der Waals surface area (Å²) in [6.07, 6.45) is 4.01. The topological polar surface area (TPSA) is 0 Å². The normalized spacial score (nSPS) is 47.8. The van der Waals surface area contributed by atoms with Gasteiger partial charge in [0.1, 0.15) is 0 Å². The molecule has 0 nitrogen and oxygen atoms in total. The Hall–Kier alpha value is -0.440. The van der Waals surface area contributed by atoms with Gasteiger partial charge in [0.25, 0.3) is 0 Å². The molecule has 0 bridgehead atoms. The molecule has 0 aromatic rings. The van der Waals surface area contributed by atoms with Crippen molar-refractivity contribution in [2.75, 3.05) is 0 Å². The van der Waals surface area contributed by atoms with Gasteiger partial charge in [0.05, 0.1) is 0 Å². The van der Waals surface area contributed by atoms with Gasteiger partial charge < -0.3 is 0 Å². The standard InChI is InChI=1S/C11H16/c1-8-4-3-5-10(6-8)11-7-9(11)2/h8-11H,5-7H2,1-2H3. The zero-order valence-corrected chi connectivity index (χ0v) is 7.43. The molecule has 0 spiro atoms. The molecule has 0 saturated heterocycles. The first-order chi connectivity index (χ1) is 5.27. The summed E-state index contributed by atoms with van der Waals surface area (Å²) in [5.74, 6) is 10.2. The molecule has 1 saturated carbocycles. The molecule has 0 amide bonds. The zero-order chi connectivity index (χ0) is 7.84. The minimum absolute atomic E-state index is 0.668. The van der Waals surface area contributed by atoms with Crippen LogP contribution in [0.5, 0.6) is 0 Å². The third-order valence-electron chi connectivity index (χ3n) is 3.15. The van der Waals surface area contributed by atoms with Crippen LogP contribution in [-0.4, -0.2) is 0 Å². The first-order valence-corrected chi connectivity index (χ1v) is 4.75. The summed E-state index contributed by atoms with van der Waals surface area (Å²) in [6.45, 7) is 4.63. The lowest BCUT2D eigenvalue weighted by Gasteiger charge is -2.19. The van der Waals surface area contributed by atoms with Gasteiger partial charge in [-0.15, -0.1) is 11.8 Å². The summed E-state index contributed by atoms with van der Waals surface area (Å²) in [5, 5.41) is 0. The average molecular weight is 148 g/mol. The average Bonchev–Trinajstić information content (AvgIpc) is 2.67. The molecule has 60 valence electrons. The predicted molar refractivity (Wildman–Crippen MR) is 46.9 cm³/mol. The fraction of sp³-hybridized carbons (Fsp3) is 0.818. The van der Waals surface area contributed by atoms with Crippen LogP contribution in [0.3, 0.4) is 0 Å². The van der Waals surface area contributed by atoms with E-state index >= 15 is 0 Å². The molecule has 0 radical (unpaired) electrons. The molecule has 2 rings (SSSR count). The van der Waals surface area contributed by atoms with Crippen molar-refractivity contribution < 1.29 is 0 Å². The van der Waals surface area contributed by atoms with Crippen molar-refractivity contribution in [1.29, 1.82) is 0 Å². The quantitative estimate of drug-likeness (QED) is 0.501. The van der Waals surface area contributed by atoms with Crippen LogP contribution in [0.4, 0.5) is 0 Å². The summed E-state index contributed by atoms with van der Waals surface area (Å²) in [5.41, 5.74) is 0. The highest BCUT2D eigenvalue weighted by Gasteiger charge is 2.39. The van der Waals surface area contributed by atoms with Crippen LogP contribution in [0, 0.1) is 35.5 Å². The number of hydrogen-bond acceptors (Lipinski definition) is 0. The van der Waals surface area contributed by atoms with Gasteiger partial charge in [-0.05, 0) is 30.6 Å². The molecule has 0 aliphatic heterocycles. The van der Waals surface area contributed by atoms with E-state index < -0.39 is 0 Å². The Morgan fingerprint density at radius 1 is 1.18 bits per heavy atom. The summed E-state index contributed by atoms with van der Waals surface area (Å²) >= 11 is 0. The van der Waals surface area contributed by atoms with E-state index in [-0.39, 0.29) is 0 Å². The summed E-state index contributed by atoms with van der Waals surface area (Å²) in [6, 6.07) is 0. The number of rotatable bonds is 1. The molecule has 1 fully saturated rings. The highest BCUT2D eigenvalue weighted by molar-refractivity contribution is 5.10. The van der Waals surface area contributed by atoms with Crippen molar-refractivity contribution >= 4 is 0 Å². The molecular formula is C11H16. The first kappa shape index (κ1) is 7.22. The Labute approximate surface area is 69.4 Å². The van der Waals surface area contributed by atoms with E-state index in [2.05, 4.69) is 25.7 Å². The fourth-order valence-corrected chi connectivity index (χ4v) is 2.29. The van der Waals surface area contributed by atoms with Crippen LogP contribution < -0.4 is 0 Å². The minimum Gasteiger partial charge on any atom is -0.103 e. The van der Waals surface area contributed by atoms with Gasteiger partial charge >= 0.3 is 0 Å². The SMILES string of the molecule is CC1C#CCC(C2CC2C)C1.